The Morgan fingerprint density at radius 1 is 0.800 bits per heavy atom. The second kappa shape index (κ2) is 23.4. The van der Waals surface area contributed by atoms with Gasteiger partial charge in [0.05, 0.1) is 61.7 Å². The third kappa shape index (κ3) is 10.2. The first-order valence-corrected chi connectivity index (χ1v) is 26.4. The van der Waals surface area contributed by atoms with Crippen LogP contribution in [0.15, 0.2) is 127 Å². The Bertz CT molecular complexity index is 3250. The van der Waals surface area contributed by atoms with Gasteiger partial charge in [-0.15, -0.1) is 0 Å². The fourth-order valence-electron chi connectivity index (χ4n) is 11.6. The van der Waals surface area contributed by atoms with Crippen molar-refractivity contribution in [2.45, 2.75) is 99.8 Å². The van der Waals surface area contributed by atoms with Crippen molar-refractivity contribution in [1.82, 2.24) is 9.80 Å². The second-order valence-corrected chi connectivity index (χ2v) is 20.4. The highest BCUT2D eigenvalue weighted by atomic mass is 16.7. The molecule has 19 nitrogen and oxygen atoms in total. The Kier molecular flexibility index (Phi) is 16.6. The number of urea groups is 1. The van der Waals surface area contributed by atoms with Crippen molar-refractivity contribution in [3.8, 4) is 23.0 Å². The molecule has 3 aliphatic rings. The number of rotatable bonds is 18. The van der Waals surface area contributed by atoms with Crippen LogP contribution in [0.3, 0.4) is 0 Å². The number of hydrogen-bond acceptors (Lipinski definition) is 17. The lowest BCUT2D eigenvalue weighted by molar-refractivity contribution is -0.258. The molecule has 1 fully saturated rings. The van der Waals surface area contributed by atoms with Crippen molar-refractivity contribution < 1.29 is 68.5 Å². The number of phenolic OH excluding ortho intramolecular Hbond substituents is 2. The van der Waals surface area contributed by atoms with E-state index in [4.69, 9.17) is 36.1 Å². The summed E-state index contributed by atoms with van der Waals surface area (Å²) in [7, 11) is 2.81. The molecule has 418 valence electrons. The van der Waals surface area contributed by atoms with E-state index in [2.05, 4.69) is 0 Å². The van der Waals surface area contributed by atoms with Crippen LogP contribution in [0.4, 0.5) is 10.5 Å². The smallest absolute Gasteiger partial charge is 0.328 e. The number of nitrogens with zero attached hydrogens (tertiary/aromatic N) is 2. The van der Waals surface area contributed by atoms with E-state index in [-0.39, 0.29) is 41.0 Å². The number of ketones is 3. The van der Waals surface area contributed by atoms with Crippen LogP contribution in [0.25, 0.3) is 0 Å². The predicted octanol–water partition coefficient (Wildman–Crippen LogP) is 5.53. The molecule has 1 heterocycles. The van der Waals surface area contributed by atoms with Crippen LogP contribution in [0, 0.1) is 0 Å². The Hall–Kier alpha value is -8.01. The molecule has 0 saturated carbocycles. The normalized spacial score (nSPS) is 20.9. The fraction of sp³-hybridized carbons (Fsp3) is 0.328. The molecule has 0 aromatic heterocycles. The predicted molar refractivity (Wildman–Crippen MR) is 293 cm³/mol. The zero-order chi connectivity index (χ0) is 57.2. The first-order chi connectivity index (χ1) is 38.4. The molecule has 1 saturated heterocycles. The molecule has 19 heteroatoms. The third-order valence-corrected chi connectivity index (χ3v) is 15.6. The van der Waals surface area contributed by atoms with Crippen LogP contribution < -0.4 is 26.7 Å². The van der Waals surface area contributed by atoms with E-state index in [0.717, 1.165) is 4.90 Å². The fourth-order valence-corrected chi connectivity index (χ4v) is 11.6. The summed E-state index contributed by atoms with van der Waals surface area (Å²) >= 11 is 0. The molecule has 11 N–H and O–H groups in total. The van der Waals surface area contributed by atoms with Gasteiger partial charge in [0, 0.05) is 41.6 Å². The number of benzene rings is 6. The van der Waals surface area contributed by atoms with Crippen molar-refractivity contribution in [2.75, 3.05) is 33.1 Å². The lowest BCUT2D eigenvalue weighted by Gasteiger charge is -2.54. The van der Waals surface area contributed by atoms with Crippen LogP contribution in [0.1, 0.15) is 110 Å². The van der Waals surface area contributed by atoms with Crippen LogP contribution in [-0.2, 0) is 37.6 Å². The van der Waals surface area contributed by atoms with E-state index >= 15 is 9.59 Å². The number of phenols is 2. The highest BCUT2D eigenvalue weighted by Gasteiger charge is 2.56. The number of nitrogens with two attached hydrogens (primary N) is 3. The summed E-state index contributed by atoms with van der Waals surface area (Å²) in [6, 6.07) is 32.5. The van der Waals surface area contributed by atoms with Gasteiger partial charge in [0.25, 0.3) is 0 Å². The van der Waals surface area contributed by atoms with E-state index in [1.165, 1.54) is 44.2 Å². The Morgan fingerprint density at radius 2 is 1.43 bits per heavy atom. The number of fused-ring (bicyclic) bond motifs is 3. The molecule has 6 aromatic rings. The number of aromatic hydroxyl groups is 2. The lowest BCUT2D eigenvalue weighted by Crippen LogP contribution is -2.67. The minimum absolute atomic E-state index is 0.0196. The minimum atomic E-state index is -2.50. The number of amides is 3. The molecule has 7 atom stereocenters. The van der Waals surface area contributed by atoms with E-state index in [1.54, 1.807) is 84.9 Å². The van der Waals surface area contributed by atoms with Crippen LogP contribution >= 0.6 is 0 Å². The average molecular weight is 1090 g/mol. The third-order valence-electron chi connectivity index (χ3n) is 15.6. The molecular formula is C61H65N5O14. The number of ether oxygens (including phenoxy) is 4. The van der Waals surface area contributed by atoms with E-state index in [9.17, 15) is 39.9 Å². The number of Topliss-reactive ketones (excluding diaryl/α,β-unsaturated/α-hetero) is 1. The number of hydrogen-bond donors (Lipinski definition) is 8. The van der Waals surface area contributed by atoms with E-state index < -0.39 is 126 Å². The number of anilines is 1. The highest BCUT2D eigenvalue weighted by molar-refractivity contribution is 6.31. The van der Waals surface area contributed by atoms with Crippen molar-refractivity contribution in [3.63, 3.8) is 0 Å². The summed E-state index contributed by atoms with van der Waals surface area (Å²) in [6.45, 7) is 0.420. The largest absolute Gasteiger partial charge is 0.507 e. The molecule has 6 aromatic carbocycles. The molecule has 2 aliphatic carbocycles. The number of carbonyl (C=O) groups excluding carboxylic acids is 5. The van der Waals surface area contributed by atoms with Crippen LogP contribution in [0.5, 0.6) is 23.0 Å². The molecule has 3 amide bonds. The highest BCUT2D eigenvalue weighted by Crippen LogP contribution is 2.54. The maximum atomic E-state index is 16.8. The van der Waals surface area contributed by atoms with Crippen molar-refractivity contribution in [2.24, 2.45) is 11.5 Å². The minimum Gasteiger partial charge on any atom is -0.507 e. The maximum Gasteiger partial charge on any atom is 0.328 e. The summed E-state index contributed by atoms with van der Waals surface area (Å²) < 4.78 is 24.3. The second-order valence-electron chi connectivity index (χ2n) is 20.4. The number of nitrogen functional groups attached to an aromatic ring is 1. The van der Waals surface area contributed by atoms with Gasteiger partial charge in [-0.2, -0.15) is 0 Å². The maximum absolute atomic E-state index is 16.8. The Labute approximate surface area is 462 Å². The molecule has 1 aliphatic heterocycles. The summed E-state index contributed by atoms with van der Waals surface area (Å²) in [5.74, 6) is -4.66. The van der Waals surface area contributed by atoms with Gasteiger partial charge in [0.1, 0.15) is 46.8 Å². The van der Waals surface area contributed by atoms with Gasteiger partial charge < -0.3 is 66.6 Å². The van der Waals surface area contributed by atoms with Gasteiger partial charge in [0.15, 0.2) is 17.9 Å². The van der Waals surface area contributed by atoms with E-state index in [1.807, 2.05) is 24.3 Å². The Morgan fingerprint density at radius 3 is 2.02 bits per heavy atom. The molecule has 0 bridgehead atoms. The van der Waals surface area contributed by atoms with E-state index in [0.29, 0.717) is 53.1 Å². The van der Waals surface area contributed by atoms with Gasteiger partial charge in [-0.3, -0.25) is 24.1 Å². The van der Waals surface area contributed by atoms with Crippen molar-refractivity contribution in [3.05, 3.63) is 183 Å². The standard InChI is InChI=1S/C61H65N5O14/c1-34-53(69)44(29-48(79-34)80-46-31-60(76,47(68)33-67)30-42-50(46)57(73)52-51(55(42)71)54(70)41-17-12-19-45(78-3)49(41)56(52)72)66(59(75)65(32-35-20-24-39(63)25-21-35)58(74)43(64)18-10-11-28-62)61(36-13-6-4-7-14-36,37-15-8-5-9-16-37)38-22-26-40(77-2)27-23-38/h4-9,12-17,19-27,34,43-44,46,48,53,67,69,71,73,76H,10-11,18,28-33,62-64H2,1-3H3/t34?,43-,44?,46-,48?,53?,60-/m0/s1. The van der Waals surface area contributed by atoms with Crippen LogP contribution in [0.2, 0.25) is 0 Å². The van der Waals surface area contributed by atoms with Gasteiger partial charge in [0.2, 0.25) is 11.7 Å². The number of aliphatic hydroxyl groups excluding tert-OH is 2. The van der Waals surface area contributed by atoms with Crippen molar-refractivity contribution >= 4 is 35.0 Å². The lowest BCUT2D eigenvalue weighted by atomic mass is 9.72. The summed E-state index contributed by atoms with van der Waals surface area (Å²) in [4.78, 5) is 76.9. The number of aliphatic hydroxyl groups is 3. The Balaban J connectivity index is 1.25. The topological polar surface area (TPSA) is 308 Å². The zero-order valence-electron chi connectivity index (χ0n) is 44.5. The van der Waals surface area contributed by atoms with Gasteiger partial charge >= 0.3 is 6.03 Å². The van der Waals surface area contributed by atoms with Crippen molar-refractivity contribution in [1.29, 1.82) is 0 Å². The zero-order valence-corrected chi connectivity index (χ0v) is 44.5. The summed E-state index contributed by atoms with van der Waals surface area (Å²) in [5, 5.41) is 59.8. The monoisotopic (exact) mass is 1090 g/mol. The van der Waals surface area contributed by atoms with Gasteiger partial charge in [-0.05, 0) is 78.9 Å². The number of methoxy groups -OCH3 is 2. The molecule has 0 spiro atoms. The molecule has 4 unspecified atom stereocenters. The average Bonchev–Trinajstić information content (AvgIpc) is 3.67. The van der Waals surface area contributed by atoms with Gasteiger partial charge in [-0.25, -0.2) is 4.79 Å². The number of imide groups is 1. The molecule has 9 rings (SSSR count). The first kappa shape index (κ1) is 56.7. The van der Waals surface area contributed by atoms with Crippen LogP contribution in [-0.4, -0.2) is 128 Å². The number of carbonyl (C=O) groups is 5. The molecule has 0 radical (unpaired) electrons. The summed E-state index contributed by atoms with van der Waals surface area (Å²) in [5.41, 5.74) is 14.8. The summed E-state index contributed by atoms with van der Waals surface area (Å²) in [6.07, 6.45) is -6.65. The molecule has 80 heavy (non-hydrogen) atoms. The first-order valence-electron chi connectivity index (χ1n) is 26.4. The quantitative estimate of drug-likeness (QED) is 0.0227. The van der Waals surface area contributed by atoms with Gasteiger partial charge in [-0.1, -0.05) is 103 Å². The SMILES string of the molecule is COc1ccc(C(c2ccccc2)(c2ccccc2)N(C(=O)N(Cc2ccc(N)cc2)C(=O)[C@@H](N)CCCCN)C2CC(O[C@H]3C[C@](O)(C(=O)CO)Cc4c(O)c5c(c(O)c43)C(=O)c3c(OC)cccc3C5=O)OC(C)C2O)cc1. The molecular weight excluding hydrogens is 1030 g/mol. The number of unbranched alkanes of at least 4 members (excludes halogenated alkanes) is 1.